The predicted molar refractivity (Wildman–Crippen MR) is 73.9 cm³/mol. The molecule has 0 unspecified atom stereocenters. The molecule has 1 rings (SSSR count). The molecule has 0 fully saturated rings. The second-order valence-corrected chi connectivity index (χ2v) is 4.84. The van der Waals surface area contributed by atoms with E-state index in [9.17, 15) is 13.2 Å². The van der Waals surface area contributed by atoms with Crippen molar-refractivity contribution in [3.8, 4) is 0 Å². The Morgan fingerprint density at radius 1 is 1.25 bits per heavy atom. The molecule has 0 saturated carbocycles. The summed E-state index contributed by atoms with van der Waals surface area (Å²) in [5.74, 6) is -3.58. The summed E-state index contributed by atoms with van der Waals surface area (Å²) in [6.07, 6.45) is 1.68. The Kier molecular flexibility index (Phi) is 6.75. The van der Waals surface area contributed by atoms with E-state index >= 15 is 0 Å². The lowest BCUT2D eigenvalue weighted by Crippen LogP contribution is -2.23. The summed E-state index contributed by atoms with van der Waals surface area (Å²) in [7, 11) is 1.62. The number of nitrogens with one attached hydrogen (secondary N) is 1. The first-order valence-electron chi connectivity index (χ1n) is 6.50. The minimum Gasteiger partial charge on any atom is -0.383 e. The lowest BCUT2D eigenvalue weighted by molar-refractivity contribution is 0.200. The van der Waals surface area contributed by atoms with Crippen molar-refractivity contribution in [3.63, 3.8) is 0 Å². The SMILES string of the molecule is COCCNCC(=Cc1cc(F)c(F)c(F)c1)C(C)C. The van der Waals surface area contributed by atoms with E-state index in [2.05, 4.69) is 5.32 Å². The highest BCUT2D eigenvalue weighted by atomic mass is 19.2. The topological polar surface area (TPSA) is 21.3 Å². The zero-order valence-corrected chi connectivity index (χ0v) is 12.0. The van der Waals surface area contributed by atoms with Gasteiger partial charge in [0.05, 0.1) is 6.61 Å². The fourth-order valence-electron chi connectivity index (χ4n) is 1.70. The second-order valence-electron chi connectivity index (χ2n) is 4.84. The van der Waals surface area contributed by atoms with Gasteiger partial charge in [0.1, 0.15) is 0 Å². The molecular weight excluding hydrogens is 267 g/mol. The maximum atomic E-state index is 13.2. The molecule has 0 amide bonds. The van der Waals surface area contributed by atoms with E-state index in [4.69, 9.17) is 4.74 Å². The van der Waals surface area contributed by atoms with Gasteiger partial charge in [-0.05, 0) is 23.6 Å². The van der Waals surface area contributed by atoms with E-state index in [0.717, 1.165) is 17.7 Å². The number of ether oxygens (including phenoxy) is 1. The van der Waals surface area contributed by atoms with E-state index in [-0.39, 0.29) is 5.92 Å². The van der Waals surface area contributed by atoms with Crippen LogP contribution in [0.4, 0.5) is 13.2 Å². The minimum absolute atomic E-state index is 0.209. The van der Waals surface area contributed by atoms with Gasteiger partial charge < -0.3 is 10.1 Å². The van der Waals surface area contributed by atoms with Crippen molar-refractivity contribution < 1.29 is 17.9 Å². The van der Waals surface area contributed by atoms with Gasteiger partial charge in [-0.3, -0.25) is 0 Å². The van der Waals surface area contributed by atoms with Crippen molar-refractivity contribution in [2.45, 2.75) is 13.8 Å². The molecule has 0 spiro atoms. The van der Waals surface area contributed by atoms with E-state index in [0.29, 0.717) is 25.3 Å². The summed E-state index contributed by atoms with van der Waals surface area (Å²) in [6, 6.07) is 1.99. The van der Waals surface area contributed by atoms with Crippen LogP contribution >= 0.6 is 0 Å². The van der Waals surface area contributed by atoms with Gasteiger partial charge >= 0.3 is 0 Å². The van der Waals surface area contributed by atoms with Crippen molar-refractivity contribution in [1.29, 1.82) is 0 Å². The van der Waals surface area contributed by atoms with Crippen LogP contribution in [0, 0.1) is 23.4 Å². The average molecular weight is 287 g/mol. The molecule has 0 aliphatic carbocycles. The largest absolute Gasteiger partial charge is 0.383 e. The van der Waals surface area contributed by atoms with Gasteiger partial charge in [0.25, 0.3) is 0 Å². The first-order valence-corrected chi connectivity index (χ1v) is 6.50. The third kappa shape index (κ3) is 4.98. The number of hydrogen-bond donors (Lipinski definition) is 1. The highest BCUT2D eigenvalue weighted by molar-refractivity contribution is 5.54. The molecule has 0 atom stereocenters. The normalized spacial score (nSPS) is 12.2. The van der Waals surface area contributed by atoms with Gasteiger partial charge in [-0.15, -0.1) is 0 Å². The van der Waals surface area contributed by atoms with Crippen LogP contribution in [0.3, 0.4) is 0 Å². The highest BCUT2D eigenvalue weighted by Gasteiger charge is 2.10. The van der Waals surface area contributed by atoms with Crippen LogP contribution in [0.25, 0.3) is 6.08 Å². The highest BCUT2D eigenvalue weighted by Crippen LogP contribution is 2.18. The van der Waals surface area contributed by atoms with Crippen LogP contribution in [0.1, 0.15) is 19.4 Å². The minimum atomic E-state index is -1.44. The molecule has 1 aromatic rings. The average Bonchev–Trinajstić information content (AvgIpc) is 2.39. The van der Waals surface area contributed by atoms with E-state index in [1.54, 1.807) is 13.2 Å². The van der Waals surface area contributed by atoms with Crippen molar-refractivity contribution >= 4 is 6.08 Å². The van der Waals surface area contributed by atoms with E-state index in [1.165, 1.54) is 0 Å². The monoisotopic (exact) mass is 287 g/mol. The van der Waals surface area contributed by atoms with Gasteiger partial charge in [-0.25, -0.2) is 13.2 Å². The molecule has 0 saturated heterocycles. The fourth-order valence-corrected chi connectivity index (χ4v) is 1.70. The summed E-state index contributed by atoms with van der Waals surface area (Å²) in [4.78, 5) is 0. The number of hydrogen-bond acceptors (Lipinski definition) is 2. The standard InChI is InChI=1S/C15H20F3NO/c1-10(2)12(9-19-4-5-20-3)6-11-7-13(16)15(18)14(17)8-11/h6-8,10,19H,4-5,9H2,1-3H3. The predicted octanol–water partition coefficient (Wildman–Crippen LogP) is 3.38. The molecule has 5 heteroatoms. The summed E-state index contributed by atoms with van der Waals surface area (Å²) in [5.41, 5.74) is 1.30. The Morgan fingerprint density at radius 2 is 1.85 bits per heavy atom. The summed E-state index contributed by atoms with van der Waals surface area (Å²) >= 11 is 0. The molecule has 2 nitrogen and oxygen atoms in total. The van der Waals surface area contributed by atoms with Crippen molar-refractivity contribution in [2.24, 2.45) is 5.92 Å². The van der Waals surface area contributed by atoms with Crippen LogP contribution in [0.2, 0.25) is 0 Å². The molecule has 0 aliphatic rings. The zero-order chi connectivity index (χ0) is 15.1. The molecule has 1 N–H and O–H groups in total. The Bertz CT molecular complexity index is 449. The lowest BCUT2D eigenvalue weighted by atomic mass is 10.00. The summed E-state index contributed by atoms with van der Waals surface area (Å²) < 4.78 is 44.2. The molecule has 112 valence electrons. The number of halogens is 3. The van der Waals surface area contributed by atoms with Gasteiger partial charge in [0, 0.05) is 20.2 Å². The third-order valence-corrected chi connectivity index (χ3v) is 2.91. The Labute approximate surface area is 117 Å². The zero-order valence-electron chi connectivity index (χ0n) is 12.0. The van der Waals surface area contributed by atoms with Crippen molar-refractivity contribution in [3.05, 3.63) is 40.7 Å². The number of methoxy groups -OCH3 is 1. The maximum absolute atomic E-state index is 13.2. The maximum Gasteiger partial charge on any atom is 0.194 e. The van der Waals surface area contributed by atoms with Crippen LogP contribution < -0.4 is 5.32 Å². The first kappa shape index (κ1) is 16.7. The smallest absolute Gasteiger partial charge is 0.194 e. The summed E-state index contributed by atoms with van der Waals surface area (Å²) in [6.45, 7) is 5.83. The molecular formula is C15H20F3NO. The van der Waals surface area contributed by atoms with Crippen LogP contribution in [0.15, 0.2) is 17.7 Å². The molecule has 0 aromatic heterocycles. The number of benzene rings is 1. The second kappa shape index (κ2) is 8.07. The van der Waals surface area contributed by atoms with E-state index in [1.807, 2.05) is 13.8 Å². The Balaban J connectivity index is 2.85. The fraction of sp³-hybridized carbons (Fsp3) is 0.467. The molecule has 1 aromatic carbocycles. The van der Waals surface area contributed by atoms with Crippen molar-refractivity contribution in [1.82, 2.24) is 5.32 Å². The van der Waals surface area contributed by atoms with Gasteiger partial charge in [0.15, 0.2) is 17.5 Å². The van der Waals surface area contributed by atoms with Gasteiger partial charge in [0.2, 0.25) is 0 Å². The van der Waals surface area contributed by atoms with Crippen LogP contribution in [-0.4, -0.2) is 26.8 Å². The summed E-state index contributed by atoms with van der Waals surface area (Å²) in [5, 5.41) is 3.17. The van der Waals surface area contributed by atoms with Crippen LogP contribution in [0.5, 0.6) is 0 Å². The molecule has 0 aliphatic heterocycles. The van der Waals surface area contributed by atoms with Crippen molar-refractivity contribution in [2.75, 3.05) is 26.8 Å². The lowest BCUT2D eigenvalue weighted by Gasteiger charge is -2.13. The quantitative estimate of drug-likeness (QED) is 0.613. The van der Waals surface area contributed by atoms with Gasteiger partial charge in [-0.2, -0.15) is 0 Å². The Hall–Kier alpha value is -1.33. The number of rotatable bonds is 7. The Morgan fingerprint density at radius 3 is 2.35 bits per heavy atom. The van der Waals surface area contributed by atoms with Crippen LogP contribution in [-0.2, 0) is 4.74 Å². The molecule has 0 radical (unpaired) electrons. The first-order chi connectivity index (χ1) is 9.45. The van der Waals surface area contributed by atoms with E-state index < -0.39 is 17.5 Å². The molecule has 20 heavy (non-hydrogen) atoms. The third-order valence-electron chi connectivity index (χ3n) is 2.91. The molecule has 0 heterocycles. The van der Waals surface area contributed by atoms with Gasteiger partial charge in [-0.1, -0.05) is 25.5 Å². The molecule has 0 bridgehead atoms.